The number of ether oxygens (including phenoxy) is 1. The van der Waals surface area contributed by atoms with E-state index >= 15 is 0 Å². The lowest BCUT2D eigenvalue weighted by atomic mass is 10.2. The van der Waals surface area contributed by atoms with Crippen molar-refractivity contribution in [1.29, 1.82) is 0 Å². The molecule has 21 heavy (non-hydrogen) atoms. The molecule has 1 rings (SSSR count). The molecule has 0 atom stereocenters. The standard InChI is InChI=1S/C14H22BrNO3S2/c1-19-13-8-7-12(15)11-14(13)21(17,18)16-9-5-3-4-6-10-20-2/h7-8,11,16H,3-6,9-10H2,1-2H3. The first-order valence-electron chi connectivity index (χ1n) is 6.83. The Hall–Kier alpha value is -0.240. The Balaban J connectivity index is 2.52. The average molecular weight is 396 g/mol. The highest BCUT2D eigenvalue weighted by atomic mass is 79.9. The Bertz CT molecular complexity index is 535. The fraction of sp³-hybridized carbons (Fsp3) is 0.571. The molecule has 0 amide bonds. The number of hydrogen-bond acceptors (Lipinski definition) is 4. The van der Waals surface area contributed by atoms with Crippen molar-refractivity contribution in [3.05, 3.63) is 22.7 Å². The van der Waals surface area contributed by atoms with Gasteiger partial charge in [0.25, 0.3) is 0 Å². The van der Waals surface area contributed by atoms with E-state index in [-0.39, 0.29) is 4.90 Å². The summed E-state index contributed by atoms with van der Waals surface area (Å²) in [6.45, 7) is 0.456. The van der Waals surface area contributed by atoms with E-state index in [1.807, 2.05) is 11.8 Å². The maximum atomic E-state index is 12.3. The molecule has 0 saturated carbocycles. The molecule has 0 heterocycles. The van der Waals surface area contributed by atoms with Gasteiger partial charge in [-0.3, -0.25) is 0 Å². The summed E-state index contributed by atoms with van der Waals surface area (Å²) >= 11 is 5.13. The molecule has 120 valence electrons. The lowest BCUT2D eigenvalue weighted by Crippen LogP contribution is -2.25. The topological polar surface area (TPSA) is 55.4 Å². The van der Waals surface area contributed by atoms with Gasteiger partial charge in [0.05, 0.1) is 7.11 Å². The summed E-state index contributed by atoms with van der Waals surface area (Å²) < 4.78 is 33.0. The summed E-state index contributed by atoms with van der Waals surface area (Å²) in [5, 5.41) is 0. The van der Waals surface area contributed by atoms with Crippen molar-refractivity contribution in [1.82, 2.24) is 4.72 Å². The molecule has 0 aliphatic carbocycles. The van der Waals surface area contributed by atoms with Gasteiger partial charge >= 0.3 is 0 Å². The van der Waals surface area contributed by atoms with Crippen LogP contribution in [0.5, 0.6) is 5.75 Å². The van der Waals surface area contributed by atoms with E-state index in [2.05, 4.69) is 26.9 Å². The van der Waals surface area contributed by atoms with Crippen molar-refractivity contribution < 1.29 is 13.2 Å². The molecule has 0 bridgehead atoms. The second-order valence-electron chi connectivity index (χ2n) is 4.60. The quantitative estimate of drug-likeness (QED) is 0.614. The Morgan fingerprint density at radius 3 is 2.62 bits per heavy atom. The Morgan fingerprint density at radius 2 is 1.95 bits per heavy atom. The van der Waals surface area contributed by atoms with Crippen LogP contribution in [0.2, 0.25) is 0 Å². The predicted molar refractivity (Wildman–Crippen MR) is 92.7 cm³/mol. The van der Waals surface area contributed by atoms with Crippen molar-refractivity contribution in [3.8, 4) is 5.75 Å². The Morgan fingerprint density at radius 1 is 1.24 bits per heavy atom. The largest absolute Gasteiger partial charge is 0.495 e. The molecule has 0 saturated heterocycles. The van der Waals surface area contributed by atoms with Crippen LogP contribution in [0.4, 0.5) is 0 Å². The van der Waals surface area contributed by atoms with Gasteiger partial charge in [0.1, 0.15) is 10.6 Å². The fourth-order valence-corrected chi connectivity index (χ4v) is 4.14. The molecule has 0 fully saturated rings. The smallest absolute Gasteiger partial charge is 0.244 e. The van der Waals surface area contributed by atoms with Gasteiger partial charge < -0.3 is 4.74 Å². The van der Waals surface area contributed by atoms with E-state index in [9.17, 15) is 8.42 Å². The number of unbranched alkanes of at least 4 members (excludes halogenated alkanes) is 3. The second kappa shape index (κ2) is 9.71. The van der Waals surface area contributed by atoms with Crippen molar-refractivity contribution in [2.75, 3.05) is 25.7 Å². The molecule has 4 nitrogen and oxygen atoms in total. The summed E-state index contributed by atoms with van der Waals surface area (Å²) in [5.74, 6) is 1.52. The molecule has 1 aromatic rings. The molecular weight excluding hydrogens is 374 g/mol. The van der Waals surface area contributed by atoms with Crippen LogP contribution in [0.1, 0.15) is 25.7 Å². The number of nitrogens with one attached hydrogen (secondary N) is 1. The molecule has 0 aliphatic heterocycles. The SMILES string of the molecule is COc1ccc(Br)cc1S(=O)(=O)NCCCCCCSC. The maximum Gasteiger partial charge on any atom is 0.244 e. The van der Waals surface area contributed by atoms with Crippen molar-refractivity contribution in [3.63, 3.8) is 0 Å². The first-order chi connectivity index (χ1) is 10.0. The first kappa shape index (κ1) is 18.8. The minimum absolute atomic E-state index is 0.168. The summed E-state index contributed by atoms with van der Waals surface area (Å²) in [6.07, 6.45) is 6.32. The van der Waals surface area contributed by atoms with Gasteiger partial charge in [-0.2, -0.15) is 11.8 Å². The summed E-state index contributed by atoms with van der Waals surface area (Å²) in [7, 11) is -2.07. The lowest BCUT2D eigenvalue weighted by Gasteiger charge is -2.11. The first-order valence-corrected chi connectivity index (χ1v) is 10.5. The van der Waals surface area contributed by atoms with E-state index in [4.69, 9.17) is 4.74 Å². The monoisotopic (exact) mass is 395 g/mol. The molecule has 0 unspecified atom stereocenters. The maximum absolute atomic E-state index is 12.3. The Labute approximate surface area is 140 Å². The van der Waals surface area contributed by atoms with Gasteiger partial charge in [-0.1, -0.05) is 28.8 Å². The predicted octanol–water partition coefficient (Wildman–Crippen LogP) is 3.66. The molecule has 0 aromatic heterocycles. The third-order valence-electron chi connectivity index (χ3n) is 2.98. The van der Waals surface area contributed by atoms with Crippen LogP contribution in [0.15, 0.2) is 27.6 Å². The highest BCUT2D eigenvalue weighted by Crippen LogP contribution is 2.27. The molecular formula is C14H22BrNO3S2. The van der Waals surface area contributed by atoms with Gasteiger partial charge in [-0.15, -0.1) is 0 Å². The number of methoxy groups -OCH3 is 1. The lowest BCUT2D eigenvalue weighted by molar-refractivity contribution is 0.402. The minimum atomic E-state index is -3.53. The average Bonchev–Trinajstić information content (AvgIpc) is 2.46. The zero-order valence-electron chi connectivity index (χ0n) is 12.4. The number of halogens is 1. The number of thioether (sulfide) groups is 1. The molecule has 1 N–H and O–H groups in total. The van der Waals surface area contributed by atoms with E-state index < -0.39 is 10.0 Å². The number of hydrogen-bond donors (Lipinski definition) is 1. The third kappa shape index (κ3) is 6.59. The van der Waals surface area contributed by atoms with E-state index in [1.54, 1.807) is 18.2 Å². The van der Waals surface area contributed by atoms with Crippen LogP contribution < -0.4 is 9.46 Å². The second-order valence-corrected chi connectivity index (χ2v) is 8.24. The fourth-order valence-electron chi connectivity index (χ4n) is 1.87. The van der Waals surface area contributed by atoms with Crippen molar-refractivity contribution in [2.45, 2.75) is 30.6 Å². The van der Waals surface area contributed by atoms with Gasteiger partial charge in [-0.25, -0.2) is 13.1 Å². The van der Waals surface area contributed by atoms with Crippen LogP contribution in [0, 0.1) is 0 Å². The zero-order chi connectivity index (χ0) is 15.7. The number of rotatable bonds is 10. The highest BCUT2D eigenvalue weighted by Gasteiger charge is 2.19. The zero-order valence-corrected chi connectivity index (χ0v) is 15.6. The summed E-state index contributed by atoms with van der Waals surface area (Å²) in [6, 6.07) is 4.95. The van der Waals surface area contributed by atoms with E-state index in [0.717, 1.165) is 19.3 Å². The van der Waals surface area contributed by atoms with Gasteiger partial charge in [0, 0.05) is 11.0 Å². The normalized spacial score (nSPS) is 11.6. The van der Waals surface area contributed by atoms with Crippen molar-refractivity contribution in [2.24, 2.45) is 0 Å². The number of sulfonamides is 1. The van der Waals surface area contributed by atoms with Crippen LogP contribution in [0.3, 0.4) is 0 Å². The molecule has 0 spiro atoms. The van der Waals surface area contributed by atoms with Gasteiger partial charge in [-0.05, 0) is 43.0 Å². The Kier molecular flexibility index (Phi) is 8.70. The van der Waals surface area contributed by atoms with Crippen LogP contribution in [-0.2, 0) is 10.0 Å². The van der Waals surface area contributed by atoms with Crippen LogP contribution in [0.25, 0.3) is 0 Å². The molecule has 0 aliphatic rings. The summed E-state index contributed by atoms with van der Waals surface area (Å²) in [4.78, 5) is 0.168. The van der Waals surface area contributed by atoms with E-state index in [1.165, 1.54) is 19.3 Å². The molecule has 7 heteroatoms. The summed E-state index contributed by atoms with van der Waals surface area (Å²) in [5.41, 5.74) is 0. The third-order valence-corrected chi connectivity index (χ3v) is 5.65. The van der Waals surface area contributed by atoms with Crippen LogP contribution in [-0.4, -0.2) is 34.1 Å². The van der Waals surface area contributed by atoms with Gasteiger partial charge in [0.2, 0.25) is 10.0 Å². The highest BCUT2D eigenvalue weighted by molar-refractivity contribution is 9.10. The molecule has 1 aromatic carbocycles. The number of benzene rings is 1. The van der Waals surface area contributed by atoms with Crippen molar-refractivity contribution >= 4 is 37.7 Å². The minimum Gasteiger partial charge on any atom is -0.495 e. The van der Waals surface area contributed by atoms with Gasteiger partial charge in [0.15, 0.2) is 0 Å². The van der Waals surface area contributed by atoms with E-state index in [0.29, 0.717) is 16.8 Å². The van der Waals surface area contributed by atoms with Crippen LogP contribution >= 0.6 is 27.7 Å². The molecule has 0 radical (unpaired) electrons.